The van der Waals surface area contributed by atoms with Crippen molar-refractivity contribution in [2.75, 3.05) is 0 Å². The molecule has 35 heavy (non-hydrogen) atoms. The third kappa shape index (κ3) is 7.35. The lowest BCUT2D eigenvalue weighted by atomic mass is 10.00. The number of allylic oxidation sites excluding steroid dienone is 2. The van der Waals surface area contributed by atoms with E-state index in [-0.39, 0.29) is 0 Å². The number of ether oxygens (including phenoxy) is 1. The predicted octanol–water partition coefficient (Wildman–Crippen LogP) is 4.39. The normalized spacial score (nSPS) is 33.4. The first kappa shape index (κ1) is 29.4. The Morgan fingerprint density at radius 1 is 1.26 bits per heavy atom. The Balaban J connectivity index is 2.43. The van der Waals surface area contributed by atoms with Crippen molar-refractivity contribution in [2.45, 2.75) is 96.0 Å². The lowest BCUT2D eigenvalue weighted by molar-refractivity contribution is -0.149. The summed E-state index contributed by atoms with van der Waals surface area (Å²) in [5.74, 6) is -1.09. The lowest BCUT2D eigenvalue weighted by Gasteiger charge is -2.35. The number of esters is 1. The summed E-state index contributed by atoms with van der Waals surface area (Å²) in [5, 5.41) is 23.3. The second kappa shape index (κ2) is 12.0. The number of cyclic esters (lactones) is 1. The minimum absolute atomic E-state index is 0.405. The highest BCUT2D eigenvalue weighted by atomic mass is 32.2. The van der Waals surface area contributed by atoms with Gasteiger partial charge in [0.05, 0.1) is 39.3 Å². The summed E-state index contributed by atoms with van der Waals surface area (Å²) in [6.45, 7) is 11.7. The van der Waals surface area contributed by atoms with Crippen molar-refractivity contribution in [3.05, 3.63) is 45.5 Å². The highest BCUT2D eigenvalue weighted by Gasteiger charge is 2.47. The van der Waals surface area contributed by atoms with Crippen LogP contribution in [-0.4, -0.2) is 57.9 Å². The van der Waals surface area contributed by atoms with Crippen molar-refractivity contribution in [3.63, 3.8) is 0 Å². The fourth-order valence-corrected chi connectivity index (χ4v) is 6.57. The first-order valence-corrected chi connectivity index (χ1v) is 14.3. The molecular formula is C26H39NO6S2. The molecule has 196 valence electrons. The van der Waals surface area contributed by atoms with Gasteiger partial charge in [0, 0.05) is 17.7 Å². The molecule has 0 aromatic carbocycles. The van der Waals surface area contributed by atoms with Gasteiger partial charge in [0.25, 0.3) is 0 Å². The number of aliphatic hydroxyl groups is 2. The van der Waals surface area contributed by atoms with Gasteiger partial charge in [-0.1, -0.05) is 30.7 Å². The van der Waals surface area contributed by atoms with Crippen LogP contribution in [0.3, 0.4) is 0 Å². The summed E-state index contributed by atoms with van der Waals surface area (Å²) >= 11 is 1.53. The zero-order chi connectivity index (χ0) is 26.6. The Morgan fingerprint density at radius 2 is 1.91 bits per heavy atom. The zero-order valence-corrected chi connectivity index (χ0v) is 23.3. The van der Waals surface area contributed by atoms with Crippen molar-refractivity contribution in [1.82, 2.24) is 4.98 Å². The SMILES string of the molecule is C/C1=C/C[C@@H](/C(C)=C/c2csc(C)n2)OC(=O)C[C@H](O)C(C)(C)S(=O)(=O)[C@H](C)[C@@H](O)[C@@H](C)/C=C\C1. The fourth-order valence-electron chi connectivity index (χ4n) is 3.96. The van der Waals surface area contributed by atoms with Gasteiger partial charge in [0.1, 0.15) is 6.10 Å². The molecule has 0 saturated carbocycles. The van der Waals surface area contributed by atoms with Crippen LogP contribution < -0.4 is 0 Å². The van der Waals surface area contributed by atoms with E-state index in [0.717, 1.165) is 21.8 Å². The molecule has 7 nitrogen and oxygen atoms in total. The number of rotatable bonds is 2. The molecule has 2 N–H and O–H groups in total. The summed E-state index contributed by atoms with van der Waals surface area (Å²) in [7, 11) is -4.01. The largest absolute Gasteiger partial charge is 0.457 e. The van der Waals surface area contributed by atoms with E-state index in [1.807, 2.05) is 50.5 Å². The van der Waals surface area contributed by atoms with Gasteiger partial charge < -0.3 is 14.9 Å². The standard InChI is InChI=1S/C26H39NO6S2/c1-16-9-8-10-17(2)25(30)19(4)35(31,32)26(6,7)23(28)14-24(29)33-22(12-11-16)18(3)13-21-15-34-20(5)27-21/h8,10-11,13,15,17,19,22-23,25,28,30H,9,12,14H2,1-7H3/b10-8-,16-11-,18-13+/t17-,19+,22-,23-,25-/m0/s1. The Bertz CT molecular complexity index is 1080. The van der Waals surface area contributed by atoms with Gasteiger partial charge in [-0.05, 0) is 59.6 Å². The van der Waals surface area contributed by atoms with E-state index in [2.05, 4.69) is 4.98 Å². The van der Waals surface area contributed by atoms with E-state index in [0.29, 0.717) is 12.8 Å². The maximum absolute atomic E-state index is 13.3. The molecule has 5 atom stereocenters. The summed E-state index contributed by atoms with van der Waals surface area (Å²) in [4.78, 5) is 17.3. The van der Waals surface area contributed by atoms with Crippen molar-refractivity contribution in [2.24, 2.45) is 5.92 Å². The van der Waals surface area contributed by atoms with Crippen LogP contribution >= 0.6 is 11.3 Å². The number of sulfone groups is 1. The molecule has 2 rings (SSSR count). The second-order valence-corrected chi connectivity index (χ2v) is 13.9. The smallest absolute Gasteiger partial charge is 0.309 e. The van der Waals surface area contributed by atoms with Crippen LogP contribution in [0.5, 0.6) is 0 Å². The maximum atomic E-state index is 13.3. The van der Waals surface area contributed by atoms with Crippen LogP contribution in [-0.2, 0) is 19.4 Å². The molecule has 2 heterocycles. The third-order valence-corrected chi connectivity index (χ3v) is 10.5. The van der Waals surface area contributed by atoms with Crippen LogP contribution in [0, 0.1) is 12.8 Å². The number of thiazole rings is 1. The highest BCUT2D eigenvalue weighted by Crippen LogP contribution is 2.31. The van der Waals surface area contributed by atoms with Crippen LogP contribution in [0.2, 0.25) is 0 Å². The quantitative estimate of drug-likeness (QED) is 0.435. The van der Waals surface area contributed by atoms with Crippen molar-refractivity contribution in [3.8, 4) is 0 Å². The first-order valence-electron chi connectivity index (χ1n) is 11.9. The Hall–Kier alpha value is -1.81. The zero-order valence-electron chi connectivity index (χ0n) is 21.7. The van der Waals surface area contributed by atoms with Gasteiger partial charge in [-0.2, -0.15) is 0 Å². The molecule has 9 heteroatoms. The van der Waals surface area contributed by atoms with E-state index in [1.54, 1.807) is 6.92 Å². The second-order valence-electron chi connectivity index (χ2n) is 10.00. The molecule has 0 radical (unpaired) electrons. The molecule has 0 spiro atoms. The molecular weight excluding hydrogens is 486 g/mol. The molecule has 0 bridgehead atoms. The minimum Gasteiger partial charge on any atom is -0.457 e. The Labute approximate surface area is 213 Å². The number of hydrogen-bond acceptors (Lipinski definition) is 8. The molecule has 1 aromatic heterocycles. The summed E-state index contributed by atoms with van der Waals surface area (Å²) in [6.07, 6.45) is 4.94. The molecule has 1 aromatic rings. The number of carbonyl (C=O) groups excluding carboxylic acids is 1. The number of nitrogens with zero attached hydrogens (tertiary/aromatic N) is 1. The van der Waals surface area contributed by atoms with Gasteiger partial charge in [-0.25, -0.2) is 13.4 Å². The average molecular weight is 526 g/mol. The minimum atomic E-state index is -4.01. The van der Waals surface area contributed by atoms with Gasteiger partial charge in [-0.15, -0.1) is 11.3 Å². The van der Waals surface area contributed by atoms with Crippen molar-refractivity contribution in [1.29, 1.82) is 0 Å². The Morgan fingerprint density at radius 3 is 2.51 bits per heavy atom. The predicted molar refractivity (Wildman–Crippen MR) is 141 cm³/mol. The lowest BCUT2D eigenvalue weighted by Crippen LogP contribution is -2.52. The van der Waals surface area contributed by atoms with Gasteiger partial charge in [0.2, 0.25) is 0 Å². The van der Waals surface area contributed by atoms with Crippen LogP contribution in [0.1, 0.15) is 71.5 Å². The van der Waals surface area contributed by atoms with E-state index >= 15 is 0 Å². The highest BCUT2D eigenvalue weighted by molar-refractivity contribution is 7.93. The molecule has 0 unspecified atom stereocenters. The molecule has 1 aliphatic heterocycles. The van der Waals surface area contributed by atoms with Crippen molar-refractivity contribution >= 4 is 33.2 Å². The molecule has 1 aliphatic rings. The van der Waals surface area contributed by atoms with E-state index in [1.165, 1.54) is 32.1 Å². The van der Waals surface area contributed by atoms with Crippen LogP contribution in [0.4, 0.5) is 0 Å². The van der Waals surface area contributed by atoms with Gasteiger partial charge in [-0.3, -0.25) is 4.79 Å². The first-order chi connectivity index (χ1) is 16.2. The maximum Gasteiger partial charge on any atom is 0.309 e. The van der Waals surface area contributed by atoms with E-state index in [9.17, 15) is 23.4 Å². The van der Waals surface area contributed by atoms with Crippen LogP contribution in [0.15, 0.2) is 34.8 Å². The van der Waals surface area contributed by atoms with E-state index < -0.39 is 56.5 Å². The number of aromatic nitrogens is 1. The summed E-state index contributed by atoms with van der Waals surface area (Å²) < 4.78 is 30.7. The van der Waals surface area contributed by atoms with Crippen molar-refractivity contribution < 1.29 is 28.2 Å². The number of aliphatic hydroxyl groups excluding tert-OH is 2. The molecule has 0 fully saturated rings. The monoisotopic (exact) mass is 525 g/mol. The number of carbonyl (C=O) groups is 1. The van der Waals surface area contributed by atoms with E-state index in [4.69, 9.17) is 4.74 Å². The summed E-state index contributed by atoms with van der Waals surface area (Å²) in [6, 6.07) is 0. The topological polar surface area (TPSA) is 114 Å². The fraction of sp³-hybridized carbons (Fsp3) is 0.615. The number of hydrogen-bond donors (Lipinski definition) is 2. The van der Waals surface area contributed by atoms with Gasteiger partial charge in [0.15, 0.2) is 9.84 Å². The molecule has 0 saturated heterocycles. The summed E-state index contributed by atoms with van der Waals surface area (Å²) in [5.41, 5.74) is 2.64. The Kier molecular flexibility index (Phi) is 10.0. The van der Waals surface area contributed by atoms with Crippen LogP contribution in [0.25, 0.3) is 6.08 Å². The molecule has 0 aliphatic carbocycles. The third-order valence-electron chi connectivity index (χ3n) is 6.76. The average Bonchev–Trinajstić information content (AvgIpc) is 3.18. The van der Waals surface area contributed by atoms with Gasteiger partial charge >= 0.3 is 5.97 Å². The molecule has 0 amide bonds. The number of aryl methyl sites for hydroxylation is 1.